The molecule has 2 aromatic carbocycles. The van der Waals surface area contributed by atoms with E-state index in [-0.39, 0.29) is 82.5 Å². The number of anilines is 6. The summed E-state index contributed by atoms with van der Waals surface area (Å²) in [5.74, 6) is 0.780. The molecule has 0 radical (unpaired) electrons. The Labute approximate surface area is 469 Å². The zero-order valence-corrected chi connectivity index (χ0v) is 46.7. The zero-order chi connectivity index (χ0) is 56.5. The predicted octanol–water partition coefficient (Wildman–Crippen LogP) is 12.1. The minimum atomic E-state index is -1.37. The number of ether oxygens (including phenoxy) is 4. The molecule has 8 heterocycles. The molecule has 6 aliphatic rings. The molecule has 18 nitrogen and oxygen atoms in total. The van der Waals surface area contributed by atoms with Gasteiger partial charge in [-0.05, 0) is 141 Å². The zero-order valence-electron chi connectivity index (χ0n) is 45.2. The molecule has 2 amide bonds. The second kappa shape index (κ2) is 21.2. The van der Waals surface area contributed by atoms with Gasteiger partial charge in [0, 0.05) is 26.2 Å². The number of hydrogen-bond donors (Lipinski definition) is 2. The molecule has 2 N–H and O–H groups in total. The van der Waals surface area contributed by atoms with Gasteiger partial charge in [-0.2, -0.15) is 0 Å². The van der Waals surface area contributed by atoms with Crippen molar-refractivity contribution in [1.29, 1.82) is 0 Å². The van der Waals surface area contributed by atoms with E-state index in [1.165, 1.54) is 36.9 Å². The standard InChI is InChI=1S/2C28H31ClF2N6O3/c2*1-27(2,3)40-26(38)37-13-16-11-17(37)12-36(16)21-8-6-19-24(35-21)25(33-15-32-19)34-18-5-7-20(22(29)23(18)30)39-14-28(31)9-4-10-28/h2*5-8,15-17H,4,9-14H2,1-3H3,(H,32,33,34)/t2*16-,17-/m00/s1. The average molecular weight is 1150 g/mol. The molecule has 12 rings (SSSR count). The van der Waals surface area contributed by atoms with Crippen LogP contribution in [0.3, 0.4) is 0 Å². The molecule has 4 saturated heterocycles. The third-order valence-electron chi connectivity index (χ3n) is 15.3. The summed E-state index contributed by atoms with van der Waals surface area (Å²) >= 11 is 12.5. The van der Waals surface area contributed by atoms with Gasteiger partial charge in [0.25, 0.3) is 0 Å². The maximum Gasteiger partial charge on any atom is 0.410 e. The van der Waals surface area contributed by atoms with E-state index in [4.69, 9.17) is 52.1 Å². The summed E-state index contributed by atoms with van der Waals surface area (Å²) in [6.45, 7) is 13.2. The molecule has 424 valence electrons. The highest BCUT2D eigenvalue weighted by Crippen LogP contribution is 2.43. The number of pyridine rings is 2. The highest BCUT2D eigenvalue weighted by Gasteiger charge is 2.49. The van der Waals surface area contributed by atoms with Crippen LogP contribution in [-0.2, 0) is 9.47 Å². The maximum atomic E-state index is 15.2. The third-order valence-corrected chi connectivity index (χ3v) is 16.0. The topological polar surface area (TPSA) is 185 Å². The largest absolute Gasteiger partial charge is 0.489 e. The first-order valence-corrected chi connectivity index (χ1v) is 27.6. The van der Waals surface area contributed by atoms with Crippen molar-refractivity contribution in [2.24, 2.45) is 0 Å². The number of piperazine rings is 2. The number of alkyl halides is 2. The van der Waals surface area contributed by atoms with E-state index >= 15 is 8.78 Å². The number of likely N-dealkylation sites (tertiary alicyclic amines) is 2. The van der Waals surface area contributed by atoms with Crippen LogP contribution in [0, 0.1) is 11.6 Å². The van der Waals surface area contributed by atoms with Crippen molar-refractivity contribution in [3.8, 4) is 11.5 Å². The van der Waals surface area contributed by atoms with E-state index in [1.54, 1.807) is 9.80 Å². The van der Waals surface area contributed by atoms with Gasteiger partial charge in [-0.25, -0.2) is 57.1 Å². The second-order valence-corrected chi connectivity index (χ2v) is 24.2. The van der Waals surface area contributed by atoms with Crippen molar-refractivity contribution in [3.63, 3.8) is 0 Å². The molecule has 0 unspecified atom stereocenters. The number of fused-ring (bicyclic) bond motifs is 6. The molecule has 0 spiro atoms. The summed E-state index contributed by atoms with van der Waals surface area (Å²) in [6, 6.07) is 13.7. The predicted molar refractivity (Wildman–Crippen MR) is 295 cm³/mol. The van der Waals surface area contributed by atoms with E-state index in [9.17, 15) is 18.4 Å². The molecule has 2 aliphatic carbocycles. The molecule has 4 aliphatic heterocycles. The second-order valence-electron chi connectivity index (χ2n) is 23.5. The first-order chi connectivity index (χ1) is 38.0. The Morgan fingerprint density at radius 2 is 0.988 bits per heavy atom. The first-order valence-electron chi connectivity index (χ1n) is 26.9. The number of nitrogens with zero attached hydrogens (tertiary/aromatic N) is 10. The Kier molecular flexibility index (Phi) is 14.6. The highest BCUT2D eigenvalue weighted by molar-refractivity contribution is 6.33. The average Bonchev–Trinajstić information content (AvgIpc) is 4.35. The smallest absolute Gasteiger partial charge is 0.410 e. The fourth-order valence-electron chi connectivity index (χ4n) is 10.9. The molecule has 4 bridgehead atoms. The van der Waals surface area contributed by atoms with Gasteiger partial charge in [-0.3, -0.25) is 0 Å². The van der Waals surface area contributed by atoms with Crippen LogP contribution < -0.4 is 29.9 Å². The Hall–Kier alpha value is -6.94. The van der Waals surface area contributed by atoms with Crippen LogP contribution in [0.2, 0.25) is 10.0 Å². The normalized spacial score (nSPS) is 21.4. The van der Waals surface area contributed by atoms with Crippen LogP contribution >= 0.6 is 23.2 Å². The molecular weight excluding hydrogens is 1080 g/mol. The summed E-state index contributed by atoms with van der Waals surface area (Å²) < 4.78 is 81.2. The quantitative estimate of drug-likeness (QED) is 0.110. The molecule has 4 aromatic heterocycles. The molecule has 4 atom stereocenters. The number of aromatic nitrogens is 6. The van der Waals surface area contributed by atoms with Crippen molar-refractivity contribution in [2.45, 2.75) is 140 Å². The minimum absolute atomic E-state index is 0.0375. The van der Waals surface area contributed by atoms with Crippen LogP contribution in [-0.4, -0.2) is 138 Å². The summed E-state index contributed by atoms with van der Waals surface area (Å²) in [4.78, 5) is 60.1. The number of rotatable bonds is 12. The number of carbonyl (C=O) groups is 2. The first kappa shape index (κ1) is 55.0. The lowest BCUT2D eigenvalue weighted by Crippen LogP contribution is -2.50. The van der Waals surface area contributed by atoms with E-state index in [1.807, 2.05) is 65.8 Å². The molecule has 2 saturated carbocycles. The molecular formula is C56H62Cl2F4N12O6. The van der Waals surface area contributed by atoms with Crippen molar-refractivity contribution in [2.75, 3.05) is 59.8 Å². The van der Waals surface area contributed by atoms with E-state index in [2.05, 4.69) is 40.4 Å². The number of nitrogens with one attached hydrogen (secondary N) is 2. The summed E-state index contributed by atoms with van der Waals surface area (Å²) in [5, 5.41) is 5.50. The monoisotopic (exact) mass is 1140 g/mol. The van der Waals surface area contributed by atoms with Gasteiger partial charge in [0.1, 0.15) is 92.6 Å². The SMILES string of the molecule is CC(C)(C)OC(=O)N1C[C@@H]2C[C@H]1CN2c1ccc2ncnc(Nc3ccc(OCC4(F)CCC4)c(Cl)c3F)c2n1.CC(C)(C)OC(=O)N1C[C@@H]2C[C@H]1CN2c1ccc2ncnc(Nc3ccc(OCC4(F)CCC4)c(Cl)c3F)c2n1. The summed E-state index contributed by atoms with van der Waals surface area (Å²) in [6.07, 6.45) is 7.18. The van der Waals surface area contributed by atoms with Crippen molar-refractivity contribution in [1.82, 2.24) is 39.7 Å². The van der Waals surface area contributed by atoms with Crippen LogP contribution in [0.5, 0.6) is 11.5 Å². The summed E-state index contributed by atoms with van der Waals surface area (Å²) in [7, 11) is 0. The number of amides is 2. The Balaban J connectivity index is 0.000000169. The van der Waals surface area contributed by atoms with Gasteiger partial charge >= 0.3 is 12.2 Å². The van der Waals surface area contributed by atoms with Gasteiger partial charge in [0.05, 0.1) is 46.6 Å². The van der Waals surface area contributed by atoms with E-state index < -0.39 is 34.2 Å². The highest BCUT2D eigenvalue weighted by atomic mass is 35.5. The summed E-state index contributed by atoms with van der Waals surface area (Å²) in [5.41, 5.74) is -1.58. The van der Waals surface area contributed by atoms with Crippen molar-refractivity contribution < 1.29 is 46.1 Å². The van der Waals surface area contributed by atoms with Crippen molar-refractivity contribution in [3.05, 3.63) is 82.9 Å². The van der Waals surface area contributed by atoms with Gasteiger partial charge in [0.15, 0.2) is 23.3 Å². The van der Waals surface area contributed by atoms with Crippen LogP contribution in [0.25, 0.3) is 22.1 Å². The molecule has 24 heteroatoms. The Bertz CT molecular complexity index is 3150. The number of halogens is 6. The lowest BCUT2D eigenvalue weighted by molar-refractivity contribution is 0.0123. The number of carbonyl (C=O) groups excluding carboxylic acids is 2. The number of hydrogen-bond acceptors (Lipinski definition) is 16. The van der Waals surface area contributed by atoms with Crippen LogP contribution in [0.1, 0.15) is 92.9 Å². The lowest BCUT2D eigenvalue weighted by Gasteiger charge is -2.35. The van der Waals surface area contributed by atoms with E-state index in [0.717, 1.165) is 37.3 Å². The van der Waals surface area contributed by atoms with Gasteiger partial charge in [-0.15, -0.1) is 0 Å². The van der Waals surface area contributed by atoms with Gasteiger partial charge < -0.3 is 49.2 Å². The maximum absolute atomic E-state index is 15.2. The van der Waals surface area contributed by atoms with Crippen molar-refractivity contribution >= 4 is 92.1 Å². The fourth-order valence-corrected chi connectivity index (χ4v) is 11.3. The third kappa shape index (κ3) is 11.4. The lowest BCUT2D eigenvalue weighted by atomic mass is 9.83. The Morgan fingerprint density at radius 1 is 0.588 bits per heavy atom. The van der Waals surface area contributed by atoms with Gasteiger partial charge in [-0.1, -0.05) is 23.2 Å². The Morgan fingerprint density at radius 3 is 1.32 bits per heavy atom. The van der Waals surface area contributed by atoms with Crippen LogP contribution in [0.15, 0.2) is 61.2 Å². The molecule has 6 fully saturated rings. The molecule has 6 aromatic rings. The minimum Gasteiger partial charge on any atom is -0.489 e. The van der Waals surface area contributed by atoms with Gasteiger partial charge in [0.2, 0.25) is 0 Å². The molecule has 80 heavy (non-hydrogen) atoms. The number of benzene rings is 2. The fraction of sp³-hybridized carbons (Fsp3) is 0.500. The van der Waals surface area contributed by atoms with E-state index in [0.29, 0.717) is 85.6 Å². The van der Waals surface area contributed by atoms with Crippen LogP contribution in [0.4, 0.5) is 61.8 Å².